The van der Waals surface area contributed by atoms with E-state index in [1.54, 1.807) is 4.68 Å². The first-order valence-electron chi connectivity index (χ1n) is 5.41. The Morgan fingerprint density at radius 2 is 2.12 bits per heavy atom. The molecule has 1 aromatic carbocycles. The summed E-state index contributed by atoms with van der Waals surface area (Å²) >= 11 is 0. The molecule has 0 saturated carbocycles. The molecule has 5 nitrogen and oxygen atoms in total. The van der Waals surface area contributed by atoms with E-state index in [9.17, 15) is 0 Å². The smallest absolute Gasteiger partial charge is 0.231 e. The topological polar surface area (TPSA) is 62.3 Å². The fraction of sp³-hybridized carbons (Fsp3) is 0.250. The quantitative estimate of drug-likeness (QED) is 0.845. The van der Waals surface area contributed by atoms with E-state index in [0.717, 1.165) is 28.5 Å². The summed E-state index contributed by atoms with van der Waals surface area (Å²) in [5.41, 5.74) is 8.52. The van der Waals surface area contributed by atoms with Crippen LogP contribution in [0.5, 0.6) is 11.5 Å². The van der Waals surface area contributed by atoms with E-state index in [1.165, 1.54) is 0 Å². The van der Waals surface area contributed by atoms with Crippen molar-refractivity contribution in [2.75, 3.05) is 6.79 Å². The molecule has 88 valence electrons. The monoisotopic (exact) mass is 231 g/mol. The van der Waals surface area contributed by atoms with Gasteiger partial charge in [-0.15, -0.1) is 0 Å². The summed E-state index contributed by atoms with van der Waals surface area (Å²) in [6.07, 6.45) is 0. The van der Waals surface area contributed by atoms with Crippen LogP contribution in [0, 0.1) is 0 Å². The number of benzene rings is 1. The van der Waals surface area contributed by atoms with E-state index in [-0.39, 0.29) is 6.79 Å². The van der Waals surface area contributed by atoms with Crippen LogP contribution in [-0.4, -0.2) is 16.6 Å². The van der Waals surface area contributed by atoms with Crippen LogP contribution in [0.1, 0.15) is 5.69 Å². The molecule has 0 bridgehead atoms. The predicted octanol–water partition coefficient (Wildman–Crippen LogP) is 1.27. The van der Waals surface area contributed by atoms with Crippen molar-refractivity contribution >= 4 is 0 Å². The molecule has 1 aliphatic heterocycles. The van der Waals surface area contributed by atoms with E-state index in [4.69, 9.17) is 15.2 Å². The van der Waals surface area contributed by atoms with Gasteiger partial charge in [0.1, 0.15) is 0 Å². The average Bonchev–Trinajstić information content (AvgIpc) is 2.93. The minimum Gasteiger partial charge on any atom is -0.454 e. The van der Waals surface area contributed by atoms with Gasteiger partial charge in [-0.2, -0.15) is 5.10 Å². The molecule has 0 amide bonds. The molecule has 0 fully saturated rings. The lowest BCUT2D eigenvalue weighted by atomic mass is 10.1. The molecule has 0 unspecified atom stereocenters. The maximum Gasteiger partial charge on any atom is 0.231 e. The van der Waals surface area contributed by atoms with Crippen LogP contribution in [0.4, 0.5) is 0 Å². The molecule has 0 saturated heterocycles. The molecule has 1 aliphatic rings. The predicted molar refractivity (Wildman–Crippen MR) is 62.7 cm³/mol. The van der Waals surface area contributed by atoms with Crippen molar-refractivity contribution in [3.8, 4) is 22.8 Å². The highest BCUT2D eigenvalue weighted by atomic mass is 16.7. The first-order chi connectivity index (χ1) is 8.28. The highest BCUT2D eigenvalue weighted by Crippen LogP contribution is 2.35. The van der Waals surface area contributed by atoms with Crippen LogP contribution in [0.15, 0.2) is 24.3 Å². The van der Waals surface area contributed by atoms with Gasteiger partial charge in [0.2, 0.25) is 6.79 Å². The molecule has 2 N–H and O–H groups in total. The third-order valence-corrected chi connectivity index (χ3v) is 2.85. The molecule has 0 spiro atoms. The largest absolute Gasteiger partial charge is 0.454 e. The minimum absolute atomic E-state index is 0.287. The number of aromatic nitrogens is 2. The molecule has 0 atom stereocenters. The normalized spacial score (nSPS) is 13.1. The van der Waals surface area contributed by atoms with E-state index in [0.29, 0.717) is 6.54 Å². The second-order valence-corrected chi connectivity index (χ2v) is 3.92. The summed E-state index contributed by atoms with van der Waals surface area (Å²) in [4.78, 5) is 0. The van der Waals surface area contributed by atoms with Gasteiger partial charge in [0.15, 0.2) is 11.5 Å². The Morgan fingerprint density at radius 1 is 1.29 bits per heavy atom. The van der Waals surface area contributed by atoms with Crippen LogP contribution >= 0.6 is 0 Å². The van der Waals surface area contributed by atoms with Crippen molar-refractivity contribution in [3.05, 3.63) is 30.0 Å². The van der Waals surface area contributed by atoms with Crippen molar-refractivity contribution in [1.29, 1.82) is 0 Å². The molecular weight excluding hydrogens is 218 g/mol. The Kier molecular flexibility index (Phi) is 2.26. The molecular formula is C12H13N3O2. The van der Waals surface area contributed by atoms with Crippen LogP contribution in [-0.2, 0) is 13.6 Å². The van der Waals surface area contributed by atoms with E-state index in [2.05, 4.69) is 5.10 Å². The molecule has 0 aliphatic carbocycles. The van der Waals surface area contributed by atoms with Gasteiger partial charge >= 0.3 is 0 Å². The molecule has 3 rings (SSSR count). The van der Waals surface area contributed by atoms with Crippen molar-refractivity contribution in [2.45, 2.75) is 6.54 Å². The van der Waals surface area contributed by atoms with Gasteiger partial charge in [-0.3, -0.25) is 4.68 Å². The lowest BCUT2D eigenvalue weighted by molar-refractivity contribution is 0.174. The molecule has 5 heteroatoms. The maximum atomic E-state index is 5.63. The van der Waals surface area contributed by atoms with E-state index in [1.807, 2.05) is 31.3 Å². The van der Waals surface area contributed by atoms with Crippen LogP contribution < -0.4 is 15.2 Å². The van der Waals surface area contributed by atoms with Crippen molar-refractivity contribution in [3.63, 3.8) is 0 Å². The Morgan fingerprint density at radius 3 is 2.88 bits per heavy atom. The SMILES string of the molecule is Cn1nc(-c2ccc3c(c2)OCO3)cc1CN. The lowest BCUT2D eigenvalue weighted by Gasteiger charge is -1.99. The van der Waals surface area contributed by atoms with E-state index >= 15 is 0 Å². The maximum absolute atomic E-state index is 5.63. The number of hydrogen-bond donors (Lipinski definition) is 1. The Balaban J connectivity index is 2.03. The lowest BCUT2D eigenvalue weighted by Crippen LogP contribution is -2.03. The number of nitrogens with two attached hydrogens (primary N) is 1. The third kappa shape index (κ3) is 1.64. The van der Waals surface area contributed by atoms with Gasteiger partial charge in [0.25, 0.3) is 0 Å². The van der Waals surface area contributed by atoms with Gasteiger partial charge < -0.3 is 15.2 Å². The Labute approximate surface area is 98.8 Å². The van der Waals surface area contributed by atoms with Gasteiger partial charge in [-0.25, -0.2) is 0 Å². The average molecular weight is 231 g/mol. The first kappa shape index (κ1) is 10.2. The summed E-state index contributed by atoms with van der Waals surface area (Å²) in [6, 6.07) is 7.78. The summed E-state index contributed by atoms with van der Waals surface area (Å²) in [6.45, 7) is 0.767. The number of aryl methyl sites for hydroxylation is 1. The fourth-order valence-electron chi connectivity index (χ4n) is 1.89. The standard InChI is InChI=1S/C12H13N3O2/c1-15-9(6-13)5-10(14-15)8-2-3-11-12(4-8)17-7-16-11/h2-5H,6-7,13H2,1H3. The fourth-order valence-corrected chi connectivity index (χ4v) is 1.89. The summed E-state index contributed by atoms with van der Waals surface area (Å²) < 4.78 is 12.4. The highest BCUT2D eigenvalue weighted by Gasteiger charge is 2.15. The van der Waals surface area contributed by atoms with Crippen LogP contribution in [0.3, 0.4) is 0 Å². The van der Waals surface area contributed by atoms with Crippen LogP contribution in [0.25, 0.3) is 11.3 Å². The third-order valence-electron chi connectivity index (χ3n) is 2.85. The second-order valence-electron chi connectivity index (χ2n) is 3.92. The summed E-state index contributed by atoms with van der Waals surface area (Å²) in [7, 11) is 1.89. The molecule has 2 aromatic rings. The number of fused-ring (bicyclic) bond motifs is 1. The number of hydrogen-bond acceptors (Lipinski definition) is 4. The first-order valence-corrected chi connectivity index (χ1v) is 5.41. The number of ether oxygens (including phenoxy) is 2. The minimum atomic E-state index is 0.287. The Hall–Kier alpha value is -2.01. The van der Waals surface area contributed by atoms with Gasteiger partial charge in [-0.1, -0.05) is 0 Å². The molecule has 0 radical (unpaired) electrons. The van der Waals surface area contributed by atoms with E-state index < -0.39 is 0 Å². The van der Waals surface area contributed by atoms with Crippen molar-refractivity contribution in [1.82, 2.24) is 9.78 Å². The second kappa shape index (κ2) is 3.78. The number of rotatable bonds is 2. The number of nitrogens with zero attached hydrogens (tertiary/aromatic N) is 2. The summed E-state index contributed by atoms with van der Waals surface area (Å²) in [5.74, 6) is 1.55. The van der Waals surface area contributed by atoms with Crippen molar-refractivity contribution < 1.29 is 9.47 Å². The zero-order valence-corrected chi connectivity index (χ0v) is 9.51. The zero-order chi connectivity index (χ0) is 11.8. The van der Waals surface area contributed by atoms with Crippen LogP contribution in [0.2, 0.25) is 0 Å². The molecule has 2 heterocycles. The van der Waals surface area contributed by atoms with Gasteiger partial charge in [0, 0.05) is 19.2 Å². The summed E-state index contributed by atoms with van der Waals surface area (Å²) in [5, 5.41) is 4.42. The molecule has 17 heavy (non-hydrogen) atoms. The highest BCUT2D eigenvalue weighted by molar-refractivity contribution is 5.64. The van der Waals surface area contributed by atoms with Crippen molar-refractivity contribution in [2.24, 2.45) is 12.8 Å². The molecule has 1 aromatic heterocycles. The zero-order valence-electron chi connectivity index (χ0n) is 9.51. The van der Waals surface area contributed by atoms with Gasteiger partial charge in [-0.05, 0) is 24.3 Å². The Bertz CT molecular complexity index is 563. The van der Waals surface area contributed by atoms with Gasteiger partial charge in [0.05, 0.1) is 11.4 Å².